The molecule has 1 atom stereocenters. The summed E-state index contributed by atoms with van der Waals surface area (Å²) in [6.45, 7) is 2.87. The lowest BCUT2D eigenvalue weighted by molar-refractivity contribution is -0.939. The van der Waals surface area contributed by atoms with Gasteiger partial charge in [-0.1, -0.05) is 37.1 Å². The topological polar surface area (TPSA) is 58.6 Å². The van der Waals surface area contributed by atoms with Gasteiger partial charge in [-0.3, -0.25) is 9.69 Å². The molecule has 9 heteroatoms. The molecule has 2 bridgehead atoms. The number of carbonyl (C=O) groups excluding carboxylic acids is 2. The number of piperidine rings is 3. The van der Waals surface area contributed by atoms with Gasteiger partial charge >= 0.3 is 6.09 Å². The molecule has 0 aromatic heterocycles. The maximum absolute atomic E-state index is 14.7. The minimum Gasteiger partial charge on any atom is -1.00 e. The van der Waals surface area contributed by atoms with E-state index in [1.54, 1.807) is 24.3 Å². The lowest BCUT2D eigenvalue weighted by atomic mass is 9.83. The van der Waals surface area contributed by atoms with Crippen molar-refractivity contribution in [2.45, 2.75) is 57.2 Å². The molecule has 4 fully saturated rings. The molecular formula is C28H34BrF2N3O3. The summed E-state index contributed by atoms with van der Waals surface area (Å²) in [7, 11) is 0. The van der Waals surface area contributed by atoms with Gasteiger partial charge in [-0.15, -0.1) is 0 Å². The van der Waals surface area contributed by atoms with Crippen LogP contribution in [0.15, 0.2) is 48.5 Å². The van der Waals surface area contributed by atoms with Gasteiger partial charge in [0, 0.05) is 24.8 Å². The summed E-state index contributed by atoms with van der Waals surface area (Å²) in [6, 6.07) is 12.2. The van der Waals surface area contributed by atoms with Gasteiger partial charge in [0.25, 0.3) is 5.91 Å². The number of para-hydroxylation sites is 1. The van der Waals surface area contributed by atoms with E-state index in [0.29, 0.717) is 23.1 Å². The van der Waals surface area contributed by atoms with Crippen LogP contribution in [0.1, 0.15) is 44.1 Å². The van der Waals surface area contributed by atoms with E-state index in [0.717, 1.165) is 38.8 Å². The van der Waals surface area contributed by atoms with Crippen molar-refractivity contribution in [3.8, 4) is 0 Å². The molecule has 1 saturated carbocycles. The van der Waals surface area contributed by atoms with E-state index >= 15 is 0 Å². The second kappa shape index (κ2) is 11.9. The van der Waals surface area contributed by atoms with Gasteiger partial charge in [-0.25, -0.2) is 13.6 Å². The van der Waals surface area contributed by atoms with Gasteiger partial charge in [0.05, 0.1) is 25.3 Å². The lowest BCUT2D eigenvalue weighted by Gasteiger charge is -2.51. The van der Waals surface area contributed by atoms with E-state index in [9.17, 15) is 18.4 Å². The van der Waals surface area contributed by atoms with Crippen LogP contribution in [0.3, 0.4) is 0 Å². The van der Waals surface area contributed by atoms with Gasteiger partial charge in [0.2, 0.25) is 0 Å². The predicted molar refractivity (Wildman–Crippen MR) is 132 cm³/mol. The van der Waals surface area contributed by atoms with Crippen molar-refractivity contribution in [2.75, 3.05) is 31.1 Å². The number of quaternary nitrogens is 1. The van der Waals surface area contributed by atoms with Crippen LogP contribution < -0.4 is 27.2 Å². The Morgan fingerprint density at radius 2 is 1.65 bits per heavy atom. The number of fused-ring (bicyclic) bond motifs is 3. The lowest BCUT2D eigenvalue weighted by Crippen LogP contribution is -3.00. The van der Waals surface area contributed by atoms with E-state index in [-0.39, 0.29) is 59.0 Å². The molecular weight excluding hydrogens is 544 g/mol. The molecule has 2 amide bonds. The highest BCUT2D eigenvalue weighted by Gasteiger charge is 2.49. The standard InChI is InChI=1S/C28H33F2N3O3.BrH/c29-22-11-9-20(10-12-22)17-32(25-8-4-3-7-24(25)30)28(35)36-26-18-33(15-13-21(26)14-16-33)19-27(34)31-23-5-1-2-6-23;/h3-4,7-12,21,23,26H,1-2,5-6,13-19H2;1H/t21?,26-,33?;/m0./s1. The van der Waals surface area contributed by atoms with Crippen LogP contribution in [-0.4, -0.2) is 54.8 Å². The zero-order valence-electron chi connectivity index (χ0n) is 20.9. The van der Waals surface area contributed by atoms with Crippen LogP contribution in [0.5, 0.6) is 0 Å². The summed E-state index contributed by atoms with van der Waals surface area (Å²) in [5, 5.41) is 3.20. The third kappa shape index (κ3) is 6.49. The van der Waals surface area contributed by atoms with Crippen LogP contribution >= 0.6 is 0 Å². The van der Waals surface area contributed by atoms with Gasteiger partial charge in [0.1, 0.15) is 18.2 Å². The number of nitrogens with one attached hydrogen (secondary N) is 1. The Morgan fingerprint density at radius 3 is 2.32 bits per heavy atom. The molecule has 200 valence electrons. The maximum atomic E-state index is 14.7. The smallest absolute Gasteiger partial charge is 0.415 e. The SMILES string of the molecule is O=C(C[N+]12CCC(CC1)[C@@H](OC(=O)N(Cc1ccc(F)cc1)c1ccccc1F)C2)NC1CCCC1.[Br-]. The van der Waals surface area contributed by atoms with Crippen LogP contribution in [0.4, 0.5) is 19.3 Å². The fourth-order valence-electron chi connectivity index (χ4n) is 6.11. The first kappa shape index (κ1) is 27.5. The summed E-state index contributed by atoms with van der Waals surface area (Å²) in [6.07, 6.45) is 5.27. The fraction of sp³-hybridized carbons (Fsp3) is 0.500. The molecule has 3 heterocycles. The zero-order valence-corrected chi connectivity index (χ0v) is 22.5. The molecule has 3 aliphatic heterocycles. The van der Waals surface area contributed by atoms with E-state index < -0.39 is 11.9 Å². The first-order valence-corrected chi connectivity index (χ1v) is 13.0. The van der Waals surface area contributed by atoms with Crippen LogP contribution in [0.2, 0.25) is 0 Å². The number of hydrogen-bond acceptors (Lipinski definition) is 3. The van der Waals surface area contributed by atoms with E-state index in [1.807, 2.05) is 0 Å². The van der Waals surface area contributed by atoms with Gasteiger partial charge in [-0.05, 0) is 42.7 Å². The Balaban J connectivity index is 0.00000320. The van der Waals surface area contributed by atoms with Crippen LogP contribution in [-0.2, 0) is 16.1 Å². The number of halogens is 3. The first-order chi connectivity index (χ1) is 17.4. The van der Waals surface area contributed by atoms with Gasteiger partial charge in [0.15, 0.2) is 12.6 Å². The maximum Gasteiger partial charge on any atom is 0.415 e. The van der Waals surface area contributed by atoms with Crippen molar-refractivity contribution >= 4 is 17.7 Å². The Labute approximate surface area is 227 Å². The number of benzene rings is 2. The minimum absolute atomic E-state index is 0. The van der Waals surface area contributed by atoms with Crippen molar-refractivity contribution in [2.24, 2.45) is 5.92 Å². The number of nitrogens with zero attached hydrogens (tertiary/aromatic N) is 2. The average Bonchev–Trinajstić information content (AvgIpc) is 3.37. The second-order valence-corrected chi connectivity index (χ2v) is 10.6. The van der Waals surface area contributed by atoms with Gasteiger partial charge < -0.3 is 31.5 Å². The van der Waals surface area contributed by atoms with Crippen LogP contribution in [0, 0.1) is 17.6 Å². The highest BCUT2D eigenvalue weighted by atomic mass is 79.9. The molecule has 1 aliphatic carbocycles. The minimum atomic E-state index is -0.628. The fourth-order valence-corrected chi connectivity index (χ4v) is 6.11. The summed E-state index contributed by atoms with van der Waals surface area (Å²) in [5.41, 5.74) is 0.783. The van der Waals surface area contributed by atoms with Crippen molar-refractivity contribution in [3.63, 3.8) is 0 Å². The zero-order chi connectivity index (χ0) is 25.1. The summed E-state index contributed by atoms with van der Waals surface area (Å²) in [4.78, 5) is 27.5. The Hall–Kier alpha value is -2.52. The van der Waals surface area contributed by atoms with E-state index in [2.05, 4.69) is 5.32 Å². The molecule has 37 heavy (non-hydrogen) atoms. The molecule has 0 radical (unpaired) electrons. The third-order valence-electron chi connectivity index (χ3n) is 8.11. The summed E-state index contributed by atoms with van der Waals surface area (Å²) < 4.78 is 34.8. The van der Waals surface area contributed by atoms with Crippen molar-refractivity contribution in [1.82, 2.24) is 5.32 Å². The molecule has 2 aromatic rings. The monoisotopic (exact) mass is 577 g/mol. The van der Waals surface area contributed by atoms with Crippen molar-refractivity contribution in [3.05, 3.63) is 65.7 Å². The number of rotatable bonds is 7. The molecule has 6 nitrogen and oxygen atoms in total. The van der Waals surface area contributed by atoms with Crippen molar-refractivity contribution in [1.29, 1.82) is 0 Å². The first-order valence-electron chi connectivity index (χ1n) is 13.0. The molecule has 3 saturated heterocycles. The number of hydrogen-bond donors (Lipinski definition) is 1. The quantitative estimate of drug-likeness (QED) is 0.510. The number of anilines is 1. The van der Waals surface area contributed by atoms with E-state index in [4.69, 9.17) is 4.74 Å². The largest absolute Gasteiger partial charge is 1.00 e. The molecule has 6 rings (SSSR count). The van der Waals surface area contributed by atoms with Gasteiger partial charge in [-0.2, -0.15) is 0 Å². The Kier molecular flexibility index (Phi) is 8.85. The molecule has 4 aliphatic rings. The van der Waals surface area contributed by atoms with Crippen LogP contribution in [0.25, 0.3) is 0 Å². The molecule has 2 aromatic carbocycles. The number of ether oxygens (including phenoxy) is 1. The third-order valence-corrected chi connectivity index (χ3v) is 8.11. The Morgan fingerprint density at radius 1 is 0.973 bits per heavy atom. The second-order valence-electron chi connectivity index (χ2n) is 10.6. The molecule has 0 unspecified atom stereocenters. The van der Waals surface area contributed by atoms with E-state index in [1.165, 1.54) is 42.0 Å². The Bertz CT molecular complexity index is 1090. The predicted octanol–water partition coefficient (Wildman–Crippen LogP) is 1.78. The van der Waals surface area contributed by atoms with Crippen molar-refractivity contribution < 1.29 is 44.6 Å². The summed E-state index contributed by atoms with van der Waals surface area (Å²) >= 11 is 0. The number of carbonyl (C=O) groups is 2. The summed E-state index contributed by atoms with van der Waals surface area (Å²) in [5.74, 6) is -0.591. The average molecular weight is 578 g/mol. The highest BCUT2D eigenvalue weighted by Crippen LogP contribution is 2.36. The normalized spacial score (nSPS) is 24.8. The molecule has 0 spiro atoms. The molecule has 1 N–H and O–H groups in total. The highest BCUT2D eigenvalue weighted by molar-refractivity contribution is 5.87. The number of amides is 2.